The molecule has 3 rings (SSSR count). The standard InChI is InChI=1S/C21H20ClN3O4S/c1-13(19(27)23-11-14-7-3-5-9-16(14)22)30-21-24-17-10-6-4-8-15(17)20(28)25(21)12-18(26)29-2/h3-10,13H,11-12H2,1-2H3,(H,23,27)/t13-/m0/s1. The second kappa shape index (κ2) is 9.77. The molecule has 0 unspecified atom stereocenters. The summed E-state index contributed by atoms with van der Waals surface area (Å²) in [6.45, 7) is 1.70. The van der Waals surface area contributed by atoms with Crippen LogP contribution in [0, 0.1) is 0 Å². The van der Waals surface area contributed by atoms with Gasteiger partial charge >= 0.3 is 5.97 Å². The monoisotopic (exact) mass is 445 g/mol. The van der Waals surface area contributed by atoms with E-state index in [2.05, 4.69) is 10.3 Å². The number of amides is 1. The number of rotatable bonds is 7. The van der Waals surface area contributed by atoms with Gasteiger partial charge in [0, 0.05) is 11.6 Å². The highest BCUT2D eigenvalue weighted by Crippen LogP contribution is 2.23. The molecule has 156 valence electrons. The van der Waals surface area contributed by atoms with E-state index in [0.29, 0.717) is 15.9 Å². The van der Waals surface area contributed by atoms with Gasteiger partial charge in [-0.3, -0.25) is 19.0 Å². The molecule has 3 aromatic rings. The number of hydrogen-bond donors (Lipinski definition) is 1. The Morgan fingerprint density at radius 3 is 2.63 bits per heavy atom. The van der Waals surface area contributed by atoms with E-state index in [9.17, 15) is 14.4 Å². The number of methoxy groups -OCH3 is 1. The fourth-order valence-electron chi connectivity index (χ4n) is 2.75. The predicted molar refractivity (Wildman–Crippen MR) is 117 cm³/mol. The van der Waals surface area contributed by atoms with Gasteiger partial charge in [-0.25, -0.2) is 4.98 Å². The Morgan fingerprint density at radius 2 is 1.90 bits per heavy atom. The summed E-state index contributed by atoms with van der Waals surface area (Å²) in [5, 5.41) is 3.50. The average Bonchev–Trinajstić information content (AvgIpc) is 2.75. The van der Waals surface area contributed by atoms with Crippen molar-refractivity contribution in [3.63, 3.8) is 0 Å². The number of carbonyl (C=O) groups excluding carboxylic acids is 2. The number of nitrogens with one attached hydrogen (secondary N) is 1. The minimum Gasteiger partial charge on any atom is -0.468 e. The van der Waals surface area contributed by atoms with Crippen LogP contribution in [0.5, 0.6) is 0 Å². The van der Waals surface area contributed by atoms with Gasteiger partial charge in [0.1, 0.15) is 6.54 Å². The Kier molecular flexibility index (Phi) is 7.12. The first-order valence-electron chi connectivity index (χ1n) is 9.15. The molecule has 0 aliphatic heterocycles. The van der Waals surface area contributed by atoms with Gasteiger partial charge in [0.15, 0.2) is 5.16 Å². The number of fused-ring (bicyclic) bond motifs is 1. The summed E-state index contributed by atoms with van der Waals surface area (Å²) in [6, 6.07) is 14.1. The van der Waals surface area contributed by atoms with E-state index in [0.717, 1.165) is 17.3 Å². The molecule has 7 nitrogen and oxygen atoms in total. The summed E-state index contributed by atoms with van der Waals surface area (Å²) in [7, 11) is 1.25. The van der Waals surface area contributed by atoms with Crippen molar-refractivity contribution in [2.45, 2.75) is 30.4 Å². The summed E-state index contributed by atoms with van der Waals surface area (Å²) in [5.74, 6) is -0.821. The molecule has 0 saturated carbocycles. The van der Waals surface area contributed by atoms with Gasteiger partial charge in [-0.2, -0.15) is 0 Å². The third-order valence-electron chi connectivity index (χ3n) is 4.40. The molecule has 0 spiro atoms. The van der Waals surface area contributed by atoms with Crippen LogP contribution in [0.25, 0.3) is 10.9 Å². The number of hydrogen-bond acceptors (Lipinski definition) is 6. The third kappa shape index (κ3) is 5.01. The first-order valence-corrected chi connectivity index (χ1v) is 10.4. The molecule has 0 saturated heterocycles. The first-order chi connectivity index (χ1) is 14.4. The number of para-hydroxylation sites is 1. The largest absolute Gasteiger partial charge is 0.468 e. The highest BCUT2D eigenvalue weighted by atomic mass is 35.5. The van der Waals surface area contributed by atoms with E-state index in [4.69, 9.17) is 16.3 Å². The molecule has 0 aliphatic carbocycles. The van der Waals surface area contributed by atoms with Crippen molar-refractivity contribution >= 4 is 46.1 Å². The summed E-state index contributed by atoms with van der Waals surface area (Å²) in [6.07, 6.45) is 0. The molecule has 30 heavy (non-hydrogen) atoms. The molecule has 0 radical (unpaired) electrons. The number of thioether (sulfide) groups is 1. The van der Waals surface area contributed by atoms with Crippen molar-refractivity contribution < 1.29 is 14.3 Å². The molecule has 1 atom stereocenters. The number of esters is 1. The Labute approximate surface area is 182 Å². The minimum atomic E-state index is -0.577. The summed E-state index contributed by atoms with van der Waals surface area (Å²) in [4.78, 5) is 41.8. The molecule has 1 heterocycles. The topological polar surface area (TPSA) is 90.3 Å². The van der Waals surface area contributed by atoms with Crippen molar-refractivity contribution in [2.24, 2.45) is 0 Å². The normalized spacial score (nSPS) is 11.8. The third-order valence-corrected chi connectivity index (χ3v) is 5.86. The van der Waals surface area contributed by atoms with Crippen molar-refractivity contribution in [2.75, 3.05) is 7.11 Å². The molecule has 2 aromatic carbocycles. The molecule has 0 fully saturated rings. The van der Waals surface area contributed by atoms with Gasteiger partial charge in [-0.15, -0.1) is 0 Å². The number of aromatic nitrogens is 2. The minimum absolute atomic E-state index is 0.244. The molecular formula is C21H20ClN3O4S. The molecule has 9 heteroatoms. The quantitative estimate of drug-likeness (QED) is 0.341. The van der Waals surface area contributed by atoms with E-state index >= 15 is 0 Å². The summed E-state index contributed by atoms with van der Waals surface area (Å²) in [5.41, 5.74) is 0.933. The van der Waals surface area contributed by atoms with E-state index < -0.39 is 11.2 Å². The zero-order valence-electron chi connectivity index (χ0n) is 16.4. The Bertz CT molecular complexity index is 1150. The van der Waals surface area contributed by atoms with Gasteiger partial charge in [0.25, 0.3) is 5.56 Å². The number of halogens is 1. The summed E-state index contributed by atoms with van der Waals surface area (Å²) < 4.78 is 5.93. The van der Waals surface area contributed by atoms with Crippen LogP contribution in [0.4, 0.5) is 0 Å². The van der Waals surface area contributed by atoms with Crippen LogP contribution in [-0.4, -0.2) is 33.8 Å². The molecule has 1 aromatic heterocycles. The zero-order chi connectivity index (χ0) is 21.7. The van der Waals surface area contributed by atoms with Crippen LogP contribution < -0.4 is 10.9 Å². The smallest absolute Gasteiger partial charge is 0.325 e. The van der Waals surface area contributed by atoms with Crippen molar-refractivity contribution in [3.8, 4) is 0 Å². The Balaban J connectivity index is 1.83. The van der Waals surface area contributed by atoms with Crippen molar-refractivity contribution in [1.82, 2.24) is 14.9 Å². The second-order valence-electron chi connectivity index (χ2n) is 6.45. The lowest BCUT2D eigenvalue weighted by Gasteiger charge is -2.16. The van der Waals surface area contributed by atoms with Crippen LogP contribution >= 0.6 is 23.4 Å². The molecule has 0 bridgehead atoms. The van der Waals surface area contributed by atoms with Crippen LogP contribution in [0.3, 0.4) is 0 Å². The molecule has 1 N–H and O–H groups in total. The highest BCUT2D eigenvalue weighted by molar-refractivity contribution is 8.00. The predicted octanol–water partition coefficient (Wildman–Crippen LogP) is 3.02. The van der Waals surface area contributed by atoms with Crippen molar-refractivity contribution in [1.29, 1.82) is 0 Å². The fraction of sp³-hybridized carbons (Fsp3) is 0.238. The number of nitrogens with zero attached hydrogens (tertiary/aromatic N) is 2. The lowest BCUT2D eigenvalue weighted by Crippen LogP contribution is -2.32. The Morgan fingerprint density at radius 1 is 1.20 bits per heavy atom. The maximum absolute atomic E-state index is 12.9. The van der Waals surface area contributed by atoms with E-state index in [1.807, 2.05) is 18.2 Å². The zero-order valence-corrected chi connectivity index (χ0v) is 18.0. The highest BCUT2D eigenvalue weighted by Gasteiger charge is 2.21. The van der Waals surface area contributed by atoms with Gasteiger partial charge < -0.3 is 10.1 Å². The van der Waals surface area contributed by atoms with Crippen LogP contribution in [0.1, 0.15) is 12.5 Å². The summed E-state index contributed by atoms with van der Waals surface area (Å²) >= 11 is 7.22. The maximum Gasteiger partial charge on any atom is 0.325 e. The lowest BCUT2D eigenvalue weighted by atomic mass is 10.2. The van der Waals surface area contributed by atoms with Gasteiger partial charge in [-0.1, -0.05) is 53.7 Å². The molecule has 1 amide bonds. The van der Waals surface area contributed by atoms with Crippen LogP contribution in [0.2, 0.25) is 5.02 Å². The average molecular weight is 446 g/mol. The Hall–Kier alpha value is -2.84. The number of ether oxygens (including phenoxy) is 1. The van der Waals surface area contributed by atoms with Gasteiger partial charge in [0.2, 0.25) is 5.91 Å². The second-order valence-corrected chi connectivity index (χ2v) is 8.16. The van der Waals surface area contributed by atoms with Crippen LogP contribution in [-0.2, 0) is 27.4 Å². The lowest BCUT2D eigenvalue weighted by molar-refractivity contribution is -0.141. The number of benzene rings is 2. The molecular weight excluding hydrogens is 426 g/mol. The van der Waals surface area contributed by atoms with E-state index in [-0.39, 0.29) is 29.7 Å². The SMILES string of the molecule is COC(=O)Cn1c(S[C@@H](C)C(=O)NCc2ccccc2Cl)nc2ccccc2c1=O. The van der Waals surface area contributed by atoms with Gasteiger partial charge in [0.05, 0.1) is 23.3 Å². The number of carbonyl (C=O) groups is 2. The molecule has 0 aliphatic rings. The van der Waals surface area contributed by atoms with Crippen molar-refractivity contribution in [3.05, 3.63) is 69.5 Å². The van der Waals surface area contributed by atoms with Crippen LogP contribution in [0.15, 0.2) is 58.5 Å². The van der Waals surface area contributed by atoms with Gasteiger partial charge in [-0.05, 0) is 30.7 Å². The van der Waals surface area contributed by atoms with E-state index in [1.54, 1.807) is 37.3 Å². The first kappa shape index (κ1) is 21.9. The maximum atomic E-state index is 12.9. The van der Waals surface area contributed by atoms with E-state index in [1.165, 1.54) is 11.7 Å². The fourth-order valence-corrected chi connectivity index (χ4v) is 3.89.